The molecule has 1 saturated carbocycles. The Kier molecular flexibility index (Phi) is 4.03. The fraction of sp³-hybridized carbons (Fsp3) is 0.462. The van der Waals surface area contributed by atoms with Crippen LogP contribution in [0, 0.1) is 0 Å². The zero-order chi connectivity index (χ0) is 14.0. The molecule has 0 heterocycles. The third kappa shape index (κ3) is 3.02. The Balaban J connectivity index is 2.37. The second kappa shape index (κ2) is 5.40. The molecule has 1 N–H and O–H groups in total. The Bertz CT molecular complexity index is 578. The summed E-state index contributed by atoms with van der Waals surface area (Å²) in [4.78, 5) is 11.4. The number of hydrogen-bond acceptors (Lipinski definition) is 4. The largest absolute Gasteiger partial charge is 0.395 e. The number of hydrogen-bond donors (Lipinski definition) is 1. The van der Waals surface area contributed by atoms with E-state index in [-0.39, 0.29) is 29.9 Å². The van der Waals surface area contributed by atoms with Gasteiger partial charge in [0.25, 0.3) is 0 Å². The predicted octanol–water partition coefficient (Wildman–Crippen LogP) is 1.03. The first-order valence-electron chi connectivity index (χ1n) is 6.20. The molecule has 6 heteroatoms. The first kappa shape index (κ1) is 14.2. The van der Waals surface area contributed by atoms with Gasteiger partial charge in [-0.15, -0.1) is 0 Å². The van der Waals surface area contributed by atoms with Crippen LogP contribution in [0.2, 0.25) is 0 Å². The van der Waals surface area contributed by atoms with Crippen molar-refractivity contribution in [1.82, 2.24) is 4.31 Å². The summed E-state index contributed by atoms with van der Waals surface area (Å²) < 4.78 is 26.3. The normalized spacial score (nSPS) is 15.7. The number of aliphatic hydroxyl groups is 1. The number of carbonyl (C=O) groups is 1. The van der Waals surface area contributed by atoms with Crippen LogP contribution >= 0.6 is 0 Å². The van der Waals surface area contributed by atoms with Crippen LogP contribution in [0.25, 0.3) is 0 Å². The number of rotatable bonds is 6. The van der Waals surface area contributed by atoms with Crippen molar-refractivity contribution in [2.75, 3.05) is 13.2 Å². The lowest BCUT2D eigenvalue weighted by Crippen LogP contribution is -2.35. The van der Waals surface area contributed by atoms with Gasteiger partial charge < -0.3 is 5.11 Å². The van der Waals surface area contributed by atoms with Gasteiger partial charge in [-0.1, -0.05) is 12.1 Å². The highest BCUT2D eigenvalue weighted by Gasteiger charge is 2.37. The zero-order valence-corrected chi connectivity index (χ0v) is 11.6. The van der Waals surface area contributed by atoms with Crippen LogP contribution < -0.4 is 0 Å². The van der Waals surface area contributed by atoms with Crippen LogP contribution in [0.3, 0.4) is 0 Å². The third-order valence-electron chi connectivity index (χ3n) is 3.12. The minimum Gasteiger partial charge on any atom is -0.395 e. The van der Waals surface area contributed by atoms with E-state index in [0.29, 0.717) is 5.56 Å². The summed E-state index contributed by atoms with van der Waals surface area (Å²) in [6.07, 6.45) is 1.65. The number of ketones is 1. The first-order chi connectivity index (χ1) is 8.96. The van der Waals surface area contributed by atoms with Crippen molar-refractivity contribution in [2.45, 2.75) is 30.7 Å². The molecule has 0 aromatic heterocycles. The van der Waals surface area contributed by atoms with Gasteiger partial charge in [0.2, 0.25) is 10.0 Å². The molecule has 1 aromatic rings. The van der Waals surface area contributed by atoms with E-state index < -0.39 is 10.0 Å². The molecule has 5 nitrogen and oxygen atoms in total. The highest BCUT2D eigenvalue weighted by molar-refractivity contribution is 7.89. The summed E-state index contributed by atoms with van der Waals surface area (Å²) in [5.74, 6) is -0.169. The lowest BCUT2D eigenvalue weighted by atomic mass is 10.2. The Morgan fingerprint density at radius 3 is 2.63 bits per heavy atom. The number of sulfonamides is 1. The molecule has 0 aliphatic heterocycles. The second-order valence-electron chi connectivity index (χ2n) is 4.65. The summed E-state index contributed by atoms with van der Waals surface area (Å²) in [6.45, 7) is 1.29. The number of Topliss-reactive ketones (excluding diaryl/α,β-unsaturated/α-hetero) is 1. The topological polar surface area (TPSA) is 74.7 Å². The van der Waals surface area contributed by atoms with Gasteiger partial charge in [0.15, 0.2) is 5.78 Å². The van der Waals surface area contributed by atoms with Gasteiger partial charge in [-0.2, -0.15) is 4.31 Å². The number of nitrogens with zero attached hydrogens (tertiary/aromatic N) is 1. The summed E-state index contributed by atoms with van der Waals surface area (Å²) in [5.41, 5.74) is 0.376. The van der Waals surface area contributed by atoms with Crippen molar-refractivity contribution in [2.24, 2.45) is 0 Å². The van der Waals surface area contributed by atoms with Gasteiger partial charge in [0, 0.05) is 18.2 Å². The van der Waals surface area contributed by atoms with Crippen molar-refractivity contribution in [3.05, 3.63) is 29.8 Å². The van der Waals surface area contributed by atoms with E-state index in [0.717, 1.165) is 12.8 Å². The third-order valence-corrected chi connectivity index (χ3v) is 5.07. The molecule has 104 valence electrons. The summed E-state index contributed by atoms with van der Waals surface area (Å²) in [7, 11) is -3.63. The molecule has 1 aliphatic carbocycles. The molecule has 0 radical (unpaired) electrons. The SMILES string of the molecule is CC(=O)c1cccc(S(=O)(=O)N(CCO)C2CC2)c1. The summed E-state index contributed by atoms with van der Waals surface area (Å²) in [5, 5.41) is 9.01. The van der Waals surface area contributed by atoms with Crippen molar-refractivity contribution < 1.29 is 18.3 Å². The fourth-order valence-corrected chi connectivity index (χ4v) is 3.69. The molecule has 2 rings (SSSR count). The van der Waals surface area contributed by atoms with Crippen LogP contribution in [-0.4, -0.2) is 42.8 Å². The number of carbonyl (C=O) groups excluding carboxylic acids is 1. The fourth-order valence-electron chi connectivity index (χ4n) is 1.97. The van der Waals surface area contributed by atoms with Gasteiger partial charge >= 0.3 is 0 Å². The molecule has 0 spiro atoms. The van der Waals surface area contributed by atoms with Crippen LogP contribution in [-0.2, 0) is 10.0 Å². The molecule has 1 aromatic carbocycles. The molecule has 0 saturated heterocycles. The Labute approximate surface area is 112 Å². The van der Waals surface area contributed by atoms with E-state index in [2.05, 4.69) is 0 Å². The second-order valence-corrected chi connectivity index (χ2v) is 6.55. The molecular formula is C13H17NO4S. The maximum Gasteiger partial charge on any atom is 0.243 e. The molecule has 1 aliphatic rings. The van der Waals surface area contributed by atoms with Gasteiger partial charge in [-0.05, 0) is 31.9 Å². The number of benzene rings is 1. The van der Waals surface area contributed by atoms with Crippen molar-refractivity contribution >= 4 is 15.8 Å². The van der Waals surface area contributed by atoms with Gasteiger partial charge in [0.1, 0.15) is 0 Å². The van der Waals surface area contributed by atoms with Crippen molar-refractivity contribution in [1.29, 1.82) is 0 Å². The Morgan fingerprint density at radius 1 is 1.42 bits per heavy atom. The average Bonchev–Trinajstić information content (AvgIpc) is 3.20. The zero-order valence-electron chi connectivity index (χ0n) is 10.7. The number of aliphatic hydroxyl groups excluding tert-OH is 1. The predicted molar refractivity (Wildman–Crippen MR) is 70.4 cm³/mol. The van der Waals surface area contributed by atoms with E-state index in [1.54, 1.807) is 12.1 Å². The Hall–Kier alpha value is -1.24. The molecule has 19 heavy (non-hydrogen) atoms. The lowest BCUT2D eigenvalue weighted by Gasteiger charge is -2.21. The monoisotopic (exact) mass is 283 g/mol. The van der Waals surface area contributed by atoms with Crippen molar-refractivity contribution in [3.63, 3.8) is 0 Å². The standard InChI is InChI=1S/C13H17NO4S/c1-10(16)11-3-2-4-13(9-11)19(17,18)14(7-8-15)12-5-6-12/h2-4,9,12,15H,5-8H2,1H3. The van der Waals surface area contributed by atoms with Crippen LogP contribution in [0.1, 0.15) is 30.1 Å². The molecule has 0 bridgehead atoms. The molecule has 1 fully saturated rings. The van der Waals surface area contributed by atoms with E-state index in [4.69, 9.17) is 5.11 Å². The average molecular weight is 283 g/mol. The first-order valence-corrected chi connectivity index (χ1v) is 7.64. The minimum absolute atomic E-state index is 0.0156. The summed E-state index contributed by atoms with van der Waals surface area (Å²) >= 11 is 0. The van der Waals surface area contributed by atoms with Crippen LogP contribution in [0.15, 0.2) is 29.2 Å². The van der Waals surface area contributed by atoms with E-state index in [1.165, 1.54) is 23.4 Å². The minimum atomic E-state index is -3.63. The van der Waals surface area contributed by atoms with Crippen molar-refractivity contribution in [3.8, 4) is 0 Å². The maximum atomic E-state index is 12.5. The highest BCUT2D eigenvalue weighted by Crippen LogP contribution is 2.31. The van der Waals surface area contributed by atoms with E-state index in [9.17, 15) is 13.2 Å². The molecule has 0 atom stereocenters. The van der Waals surface area contributed by atoms with Crippen LogP contribution in [0.4, 0.5) is 0 Å². The van der Waals surface area contributed by atoms with E-state index >= 15 is 0 Å². The van der Waals surface area contributed by atoms with Gasteiger partial charge in [-0.3, -0.25) is 4.79 Å². The maximum absolute atomic E-state index is 12.5. The molecular weight excluding hydrogens is 266 g/mol. The van der Waals surface area contributed by atoms with Gasteiger partial charge in [-0.25, -0.2) is 8.42 Å². The van der Waals surface area contributed by atoms with Gasteiger partial charge in [0.05, 0.1) is 11.5 Å². The summed E-state index contributed by atoms with van der Waals surface area (Å²) in [6, 6.07) is 6.01. The quantitative estimate of drug-likeness (QED) is 0.791. The highest BCUT2D eigenvalue weighted by atomic mass is 32.2. The van der Waals surface area contributed by atoms with Crippen LogP contribution in [0.5, 0.6) is 0 Å². The van der Waals surface area contributed by atoms with E-state index in [1.807, 2.05) is 0 Å². The molecule has 0 amide bonds. The smallest absolute Gasteiger partial charge is 0.243 e. The lowest BCUT2D eigenvalue weighted by molar-refractivity contribution is 0.101. The Morgan fingerprint density at radius 2 is 2.11 bits per heavy atom. The molecule has 0 unspecified atom stereocenters.